The van der Waals surface area contributed by atoms with Crippen molar-refractivity contribution in [1.82, 2.24) is 0 Å². The normalized spacial score (nSPS) is 18.9. The largest absolute Gasteiger partial charge is 0.383 e. The van der Waals surface area contributed by atoms with E-state index in [1.54, 1.807) is 0 Å². The Morgan fingerprint density at radius 3 is 2.00 bits per heavy atom. The average molecular weight is 150 g/mol. The minimum Gasteiger partial charge on any atom is -0.383 e. The third-order valence-corrected chi connectivity index (χ3v) is 1.06. The number of carbonyl (C=O) groups excluding carboxylic acids is 2. The number of hydrogen-bond acceptors (Lipinski definition) is 3. The van der Waals surface area contributed by atoms with Gasteiger partial charge < -0.3 is 4.74 Å². The molecule has 0 radical (unpaired) electrons. The van der Waals surface area contributed by atoms with Crippen LogP contribution in [-0.4, -0.2) is 11.9 Å². The molecule has 0 aromatic carbocycles. The predicted octanol–water partition coefficient (Wildman–Crippen LogP) is 0.490. The van der Waals surface area contributed by atoms with Gasteiger partial charge in [-0.3, -0.25) is 0 Å². The highest BCUT2D eigenvalue weighted by molar-refractivity contribution is 6.45. The molecule has 0 saturated carbocycles. The van der Waals surface area contributed by atoms with Gasteiger partial charge in [-0.15, -0.1) is 0 Å². The first kappa shape index (κ1) is 6.22. The quantitative estimate of drug-likeness (QED) is 0.373. The second-order valence-electron chi connectivity index (χ2n) is 1.30. The third-order valence-electron chi connectivity index (χ3n) is 0.737. The van der Waals surface area contributed by atoms with Gasteiger partial charge in [0.05, 0.1) is 0 Å². The monoisotopic (exact) mass is 150 g/mol. The lowest BCUT2D eigenvalue weighted by molar-refractivity contribution is -0.151. The Hall–Kier alpha value is -0.900. The van der Waals surface area contributed by atoms with Crippen LogP contribution in [0, 0.1) is 0 Å². The van der Waals surface area contributed by atoms with Crippen LogP contribution >= 0.6 is 11.6 Å². The Kier molecular flexibility index (Phi) is 1.25. The molecule has 3 nitrogen and oxygen atoms in total. The Balaban J connectivity index is 3.06. The number of hydrogen-bond donors (Lipinski definition) is 0. The van der Waals surface area contributed by atoms with E-state index in [9.17, 15) is 14.0 Å². The number of rotatable bonds is 0. The van der Waals surface area contributed by atoms with Crippen molar-refractivity contribution in [3.63, 3.8) is 0 Å². The van der Waals surface area contributed by atoms with Gasteiger partial charge >= 0.3 is 11.9 Å². The smallest absolute Gasteiger partial charge is 0.376 e. The fourth-order valence-electron chi connectivity index (χ4n) is 0.353. The molecule has 0 saturated heterocycles. The number of esters is 2. The molecule has 0 unspecified atom stereocenters. The molecule has 0 spiro atoms. The zero-order valence-corrected chi connectivity index (χ0v) is 4.74. The molecule has 1 aliphatic heterocycles. The summed E-state index contributed by atoms with van der Waals surface area (Å²) in [6.45, 7) is 0. The molecule has 5 heteroatoms. The van der Waals surface area contributed by atoms with Crippen molar-refractivity contribution in [3.8, 4) is 0 Å². The van der Waals surface area contributed by atoms with E-state index >= 15 is 0 Å². The van der Waals surface area contributed by atoms with Crippen LogP contribution in [-0.2, 0) is 14.3 Å². The van der Waals surface area contributed by atoms with Gasteiger partial charge in [0.25, 0.3) is 0 Å². The van der Waals surface area contributed by atoms with Crippen LogP contribution in [0.3, 0.4) is 0 Å². The van der Waals surface area contributed by atoms with Crippen LogP contribution in [0.1, 0.15) is 0 Å². The highest BCUT2D eigenvalue weighted by Gasteiger charge is 2.32. The van der Waals surface area contributed by atoms with E-state index in [1.807, 2.05) is 0 Å². The number of cyclic esters (lactones) is 2. The molecule has 0 bridgehead atoms. The summed E-state index contributed by atoms with van der Waals surface area (Å²) in [4.78, 5) is 20.2. The van der Waals surface area contributed by atoms with Crippen molar-refractivity contribution < 1.29 is 18.7 Å². The highest BCUT2D eigenvalue weighted by atomic mass is 35.5. The summed E-state index contributed by atoms with van der Waals surface area (Å²) in [5.74, 6) is -3.76. The Bertz CT molecular complexity index is 198. The maximum atomic E-state index is 12.0. The number of carbonyl (C=O) groups is 2. The zero-order chi connectivity index (χ0) is 7.02. The Morgan fingerprint density at radius 2 is 1.89 bits per heavy atom. The lowest BCUT2D eigenvalue weighted by atomic mass is 10.5. The third kappa shape index (κ3) is 0.810. The molecule has 1 aliphatic rings. The maximum absolute atomic E-state index is 12.0. The Morgan fingerprint density at radius 1 is 1.33 bits per heavy atom. The van der Waals surface area contributed by atoms with Crippen LogP contribution in [0.2, 0.25) is 0 Å². The lowest BCUT2D eigenvalue weighted by Crippen LogP contribution is -1.99. The first-order valence-corrected chi connectivity index (χ1v) is 2.32. The lowest BCUT2D eigenvalue weighted by Gasteiger charge is -1.81. The predicted molar refractivity (Wildman–Crippen MR) is 25.1 cm³/mol. The van der Waals surface area contributed by atoms with Crippen LogP contribution < -0.4 is 0 Å². The van der Waals surface area contributed by atoms with Crippen molar-refractivity contribution in [2.45, 2.75) is 0 Å². The first-order chi connectivity index (χ1) is 4.13. The van der Waals surface area contributed by atoms with Crippen LogP contribution in [0.5, 0.6) is 0 Å². The van der Waals surface area contributed by atoms with E-state index in [-0.39, 0.29) is 0 Å². The summed E-state index contributed by atoms with van der Waals surface area (Å²) in [7, 11) is 0. The molecule has 0 fully saturated rings. The van der Waals surface area contributed by atoms with Crippen LogP contribution in [0.4, 0.5) is 4.39 Å². The van der Waals surface area contributed by atoms with E-state index in [0.717, 1.165) is 0 Å². The second kappa shape index (κ2) is 1.80. The molecule has 0 aromatic rings. The SMILES string of the molecule is O=C1OC(=O)C(Cl)=C1F. The highest BCUT2D eigenvalue weighted by Crippen LogP contribution is 2.20. The van der Waals surface area contributed by atoms with Gasteiger partial charge in [-0.25, -0.2) is 9.59 Å². The van der Waals surface area contributed by atoms with Crippen molar-refractivity contribution in [3.05, 3.63) is 10.9 Å². The topological polar surface area (TPSA) is 43.4 Å². The molecule has 0 N–H and O–H groups in total. The molecular formula is C4ClFO3. The minimum absolute atomic E-state index is 0.778. The van der Waals surface area contributed by atoms with Crippen molar-refractivity contribution in [2.75, 3.05) is 0 Å². The fraction of sp³-hybridized carbons (Fsp3) is 0. The molecule has 1 rings (SSSR count). The summed E-state index contributed by atoms with van der Waals surface area (Å²) < 4.78 is 15.7. The molecule has 0 aliphatic carbocycles. The molecule has 0 amide bonds. The van der Waals surface area contributed by atoms with Crippen LogP contribution in [0.25, 0.3) is 0 Å². The average Bonchev–Trinajstić information content (AvgIpc) is 1.98. The molecule has 0 atom stereocenters. The molecule has 0 aromatic heterocycles. The van der Waals surface area contributed by atoms with E-state index in [0.29, 0.717) is 0 Å². The zero-order valence-electron chi connectivity index (χ0n) is 3.98. The van der Waals surface area contributed by atoms with Crippen LogP contribution in [0.15, 0.2) is 10.9 Å². The summed E-state index contributed by atoms with van der Waals surface area (Å²) in [5.41, 5.74) is 0. The van der Waals surface area contributed by atoms with Crippen molar-refractivity contribution >= 4 is 23.5 Å². The molecular weight excluding hydrogens is 150 g/mol. The molecule has 9 heavy (non-hydrogen) atoms. The van der Waals surface area contributed by atoms with Crippen molar-refractivity contribution in [1.29, 1.82) is 0 Å². The first-order valence-electron chi connectivity index (χ1n) is 1.94. The van der Waals surface area contributed by atoms with E-state index in [2.05, 4.69) is 4.74 Å². The summed E-state index contributed by atoms with van der Waals surface area (Å²) in [5, 5.41) is -0.778. The fourth-order valence-corrected chi connectivity index (χ4v) is 0.469. The van der Waals surface area contributed by atoms with E-state index in [1.165, 1.54) is 0 Å². The van der Waals surface area contributed by atoms with Gasteiger partial charge in [-0.05, 0) is 0 Å². The summed E-state index contributed by atoms with van der Waals surface area (Å²) in [6, 6.07) is 0. The standard InChI is InChI=1S/C4ClFO3/c5-1-2(6)4(8)9-3(1)7. The van der Waals surface area contributed by atoms with Gasteiger partial charge in [0.15, 0.2) is 5.03 Å². The maximum Gasteiger partial charge on any atom is 0.376 e. The van der Waals surface area contributed by atoms with Gasteiger partial charge in [0, 0.05) is 0 Å². The van der Waals surface area contributed by atoms with Crippen molar-refractivity contribution in [2.24, 2.45) is 0 Å². The van der Waals surface area contributed by atoms with Gasteiger partial charge in [-0.2, -0.15) is 4.39 Å². The van der Waals surface area contributed by atoms with E-state index < -0.39 is 22.8 Å². The van der Waals surface area contributed by atoms with Gasteiger partial charge in [-0.1, -0.05) is 11.6 Å². The number of halogens is 2. The Labute approximate surface area is 54.0 Å². The molecule has 1 heterocycles. The summed E-state index contributed by atoms with van der Waals surface area (Å²) >= 11 is 4.92. The molecule has 48 valence electrons. The van der Waals surface area contributed by atoms with E-state index in [4.69, 9.17) is 11.6 Å². The second-order valence-corrected chi connectivity index (χ2v) is 1.68. The van der Waals surface area contributed by atoms with Gasteiger partial charge in [0.2, 0.25) is 5.83 Å². The summed E-state index contributed by atoms with van der Waals surface area (Å²) in [6.07, 6.45) is 0. The number of ether oxygens (including phenoxy) is 1. The minimum atomic E-state index is -1.32. The van der Waals surface area contributed by atoms with Gasteiger partial charge in [0.1, 0.15) is 0 Å².